The molecule has 0 saturated carbocycles. The fraction of sp³-hybridized carbons (Fsp3) is 0.556. The van der Waals surface area contributed by atoms with Gasteiger partial charge < -0.3 is 9.47 Å². The van der Waals surface area contributed by atoms with Crippen LogP contribution in [-0.2, 0) is 15.9 Å². The number of rotatable bonds is 2. The maximum atomic E-state index is 5.39. The summed E-state index contributed by atoms with van der Waals surface area (Å²) in [6.45, 7) is 3.61. The first-order valence-electron chi connectivity index (χ1n) is 4.22. The van der Waals surface area contributed by atoms with Crippen molar-refractivity contribution in [2.75, 3.05) is 13.2 Å². The normalized spacial score (nSPS) is 18.8. The molecule has 66 valence electrons. The largest absolute Gasteiger partial charge is 0.345 e. The van der Waals surface area contributed by atoms with Crippen LogP contribution in [0.25, 0.3) is 0 Å². The van der Waals surface area contributed by atoms with Crippen LogP contribution in [0.1, 0.15) is 23.0 Å². The van der Waals surface area contributed by atoms with E-state index in [1.807, 2.05) is 0 Å². The molecule has 3 heteroatoms. The van der Waals surface area contributed by atoms with Crippen LogP contribution in [0.2, 0.25) is 0 Å². The standard InChI is InChI=1S/C9H12O2S/c1-2-7-3-4-8(12-7)9-10-5-6-11-9/h3-4,9H,2,5-6H2,1H3. The lowest BCUT2D eigenvalue weighted by atomic mass is 10.3. The Bertz CT molecular complexity index is 251. The van der Waals surface area contributed by atoms with Gasteiger partial charge in [-0.05, 0) is 18.6 Å². The Morgan fingerprint density at radius 2 is 2.17 bits per heavy atom. The molecular weight excluding hydrogens is 172 g/mol. The van der Waals surface area contributed by atoms with Crippen LogP contribution in [-0.4, -0.2) is 13.2 Å². The van der Waals surface area contributed by atoms with Gasteiger partial charge in [0.1, 0.15) is 0 Å². The van der Waals surface area contributed by atoms with E-state index in [0.29, 0.717) is 0 Å². The zero-order valence-electron chi connectivity index (χ0n) is 7.08. The summed E-state index contributed by atoms with van der Waals surface area (Å²) < 4.78 is 10.8. The molecule has 12 heavy (non-hydrogen) atoms. The van der Waals surface area contributed by atoms with Gasteiger partial charge in [-0.2, -0.15) is 0 Å². The van der Waals surface area contributed by atoms with Crippen molar-refractivity contribution in [3.05, 3.63) is 21.9 Å². The van der Waals surface area contributed by atoms with Crippen LogP contribution in [0.5, 0.6) is 0 Å². The van der Waals surface area contributed by atoms with E-state index >= 15 is 0 Å². The number of ether oxygens (including phenoxy) is 2. The molecule has 1 aliphatic heterocycles. The minimum absolute atomic E-state index is 0.0877. The van der Waals surface area contributed by atoms with Gasteiger partial charge >= 0.3 is 0 Å². The minimum Gasteiger partial charge on any atom is -0.345 e. The van der Waals surface area contributed by atoms with Gasteiger partial charge in [0.05, 0.1) is 18.1 Å². The maximum Gasteiger partial charge on any atom is 0.193 e. The Hall–Kier alpha value is -0.380. The Morgan fingerprint density at radius 3 is 2.75 bits per heavy atom. The lowest BCUT2D eigenvalue weighted by Gasteiger charge is -2.04. The van der Waals surface area contributed by atoms with Crippen molar-refractivity contribution in [1.82, 2.24) is 0 Å². The molecule has 0 unspecified atom stereocenters. The van der Waals surface area contributed by atoms with E-state index in [1.54, 1.807) is 11.3 Å². The molecule has 0 amide bonds. The summed E-state index contributed by atoms with van der Waals surface area (Å²) in [5.41, 5.74) is 0. The van der Waals surface area contributed by atoms with Crippen molar-refractivity contribution in [2.24, 2.45) is 0 Å². The molecule has 1 fully saturated rings. The van der Waals surface area contributed by atoms with Gasteiger partial charge in [0.15, 0.2) is 6.29 Å². The van der Waals surface area contributed by atoms with Gasteiger partial charge in [0.25, 0.3) is 0 Å². The lowest BCUT2D eigenvalue weighted by molar-refractivity contribution is -0.0413. The molecule has 0 radical (unpaired) electrons. The van der Waals surface area contributed by atoms with Gasteiger partial charge in [-0.3, -0.25) is 0 Å². The molecule has 0 aliphatic carbocycles. The molecule has 1 aromatic rings. The van der Waals surface area contributed by atoms with Gasteiger partial charge in [-0.15, -0.1) is 11.3 Å². The van der Waals surface area contributed by atoms with Crippen molar-refractivity contribution in [3.8, 4) is 0 Å². The molecule has 0 aromatic carbocycles. The molecule has 2 nitrogen and oxygen atoms in total. The van der Waals surface area contributed by atoms with Crippen LogP contribution in [0.3, 0.4) is 0 Å². The predicted octanol–water partition coefficient (Wildman–Crippen LogP) is 2.36. The second-order valence-corrected chi connectivity index (χ2v) is 3.93. The van der Waals surface area contributed by atoms with Crippen molar-refractivity contribution in [2.45, 2.75) is 19.6 Å². The van der Waals surface area contributed by atoms with E-state index in [0.717, 1.165) is 19.6 Å². The van der Waals surface area contributed by atoms with Crippen LogP contribution in [0.15, 0.2) is 12.1 Å². The van der Waals surface area contributed by atoms with Gasteiger partial charge in [-0.1, -0.05) is 6.92 Å². The van der Waals surface area contributed by atoms with E-state index in [2.05, 4.69) is 19.1 Å². The van der Waals surface area contributed by atoms with E-state index in [4.69, 9.17) is 9.47 Å². The number of hydrogen-bond donors (Lipinski definition) is 0. The van der Waals surface area contributed by atoms with Crippen LogP contribution in [0.4, 0.5) is 0 Å². The third kappa shape index (κ3) is 1.53. The quantitative estimate of drug-likeness (QED) is 0.702. The minimum atomic E-state index is -0.0877. The summed E-state index contributed by atoms with van der Waals surface area (Å²) in [5, 5.41) is 0. The fourth-order valence-electron chi connectivity index (χ4n) is 1.23. The highest BCUT2D eigenvalue weighted by Crippen LogP contribution is 2.29. The van der Waals surface area contributed by atoms with Crippen LogP contribution < -0.4 is 0 Å². The highest BCUT2D eigenvalue weighted by atomic mass is 32.1. The second-order valence-electron chi connectivity index (χ2n) is 2.73. The predicted molar refractivity (Wildman–Crippen MR) is 48.3 cm³/mol. The molecule has 0 N–H and O–H groups in total. The molecule has 1 aliphatic rings. The molecule has 1 aromatic heterocycles. The Balaban J connectivity index is 2.11. The summed E-state index contributed by atoms with van der Waals surface area (Å²) in [6, 6.07) is 4.24. The van der Waals surface area contributed by atoms with Crippen molar-refractivity contribution in [3.63, 3.8) is 0 Å². The highest BCUT2D eigenvalue weighted by Gasteiger charge is 2.19. The fourth-order valence-corrected chi connectivity index (χ4v) is 2.19. The first-order valence-corrected chi connectivity index (χ1v) is 5.03. The monoisotopic (exact) mass is 184 g/mol. The number of aryl methyl sites for hydroxylation is 1. The number of thiophene rings is 1. The third-order valence-corrected chi connectivity index (χ3v) is 3.14. The van der Waals surface area contributed by atoms with Gasteiger partial charge in [-0.25, -0.2) is 0 Å². The molecule has 0 spiro atoms. The van der Waals surface area contributed by atoms with Crippen LogP contribution >= 0.6 is 11.3 Å². The smallest absolute Gasteiger partial charge is 0.193 e. The summed E-state index contributed by atoms with van der Waals surface area (Å²) in [7, 11) is 0. The summed E-state index contributed by atoms with van der Waals surface area (Å²) in [4.78, 5) is 2.59. The maximum absolute atomic E-state index is 5.39. The van der Waals surface area contributed by atoms with E-state index in [1.165, 1.54) is 9.75 Å². The molecule has 2 rings (SSSR count). The van der Waals surface area contributed by atoms with Crippen molar-refractivity contribution < 1.29 is 9.47 Å². The molecular formula is C9H12O2S. The molecule has 0 atom stereocenters. The zero-order chi connectivity index (χ0) is 8.39. The third-order valence-electron chi connectivity index (χ3n) is 1.88. The zero-order valence-corrected chi connectivity index (χ0v) is 7.89. The topological polar surface area (TPSA) is 18.5 Å². The molecule has 0 bridgehead atoms. The Morgan fingerprint density at radius 1 is 1.42 bits per heavy atom. The van der Waals surface area contributed by atoms with Crippen molar-refractivity contribution in [1.29, 1.82) is 0 Å². The first kappa shape index (κ1) is 8.23. The average molecular weight is 184 g/mol. The van der Waals surface area contributed by atoms with E-state index in [-0.39, 0.29) is 6.29 Å². The van der Waals surface area contributed by atoms with E-state index < -0.39 is 0 Å². The highest BCUT2D eigenvalue weighted by molar-refractivity contribution is 7.12. The molecule has 1 saturated heterocycles. The SMILES string of the molecule is CCc1ccc(C2OCCO2)s1. The van der Waals surface area contributed by atoms with Gasteiger partial charge in [0, 0.05) is 4.88 Å². The summed E-state index contributed by atoms with van der Waals surface area (Å²) >= 11 is 1.78. The van der Waals surface area contributed by atoms with E-state index in [9.17, 15) is 0 Å². The Labute approximate surface area is 76.1 Å². The summed E-state index contributed by atoms with van der Waals surface area (Å²) in [5.74, 6) is 0. The van der Waals surface area contributed by atoms with Crippen LogP contribution in [0, 0.1) is 0 Å². The number of hydrogen-bond acceptors (Lipinski definition) is 3. The van der Waals surface area contributed by atoms with Gasteiger partial charge in [0.2, 0.25) is 0 Å². The Kier molecular flexibility index (Phi) is 2.44. The molecule has 2 heterocycles. The second kappa shape index (κ2) is 3.56. The lowest BCUT2D eigenvalue weighted by Crippen LogP contribution is -1.93. The first-order chi connectivity index (χ1) is 5.90. The van der Waals surface area contributed by atoms with Crippen molar-refractivity contribution >= 4 is 11.3 Å². The average Bonchev–Trinajstić information content (AvgIpc) is 2.75. The summed E-state index contributed by atoms with van der Waals surface area (Å²) in [6.07, 6.45) is 1.01.